The molecule has 0 fully saturated rings. The summed E-state index contributed by atoms with van der Waals surface area (Å²) in [6, 6.07) is 4.70. The number of carbonyl (C=O) groups is 1. The third-order valence-electron chi connectivity index (χ3n) is 4.18. The molecule has 7 heteroatoms. The van der Waals surface area contributed by atoms with E-state index in [-0.39, 0.29) is 25.3 Å². The van der Waals surface area contributed by atoms with Crippen LogP contribution in [-0.2, 0) is 16.4 Å². The minimum atomic E-state index is -4.48. The average Bonchev–Trinajstić information content (AvgIpc) is 2.53. The first-order chi connectivity index (χ1) is 10.9. The number of rotatable bonds is 6. The highest BCUT2D eigenvalue weighted by atomic mass is 19.4. The minimum Gasteiger partial charge on any atom is -0.396 e. The number of hydrogen-bond acceptors (Lipinski definition) is 3. The number of aliphatic hydroxyl groups excluding tert-OH is 2. The lowest BCUT2D eigenvalue weighted by atomic mass is 9.81. The smallest absolute Gasteiger partial charge is 0.396 e. The standard InChI is InChI=1S/C17H24F3NO3/c1-15(2,12-6-5-7-13(8-12)17(18,19)20)14(24)21(4)9-16(3,10-22)11-23/h5-8,22-23H,9-11H2,1-4H3. The molecule has 136 valence electrons. The van der Waals surface area contributed by atoms with Crippen LogP contribution in [0.15, 0.2) is 24.3 Å². The number of benzene rings is 1. The molecule has 2 N–H and O–H groups in total. The van der Waals surface area contributed by atoms with Crippen LogP contribution in [0, 0.1) is 5.41 Å². The van der Waals surface area contributed by atoms with Crippen LogP contribution in [0.3, 0.4) is 0 Å². The van der Waals surface area contributed by atoms with Gasteiger partial charge < -0.3 is 15.1 Å². The molecule has 0 atom stereocenters. The molecule has 0 aliphatic heterocycles. The number of carbonyl (C=O) groups excluding carboxylic acids is 1. The van der Waals surface area contributed by atoms with Crippen LogP contribution in [0.4, 0.5) is 13.2 Å². The van der Waals surface area contributed by atoms with Gasteiger partial charge in [-0.05, 0) is 25.5 Å². The Bertz CT molecular complexity index is 581. The molecule has 1 aromatic carbocycles. The summed E-state index contributed by atoms with van der Waals surface area (Å²) in [7, 11) is 1.50. The van der Waals surface area contributed by atoms with Gasteiger partial charge in [-0.3, -0.25) is 4.79 Å². The first kappa shape index (κ1) is 20.4. The Morgan fingerprint density at radius 3 is 2.04 bits per heavy atom. The van der Waals surface area contributed by atoms with Crippen LogP contribution in [-0.4, -0.2) is 47.8 Å². The molecule has 1 rings (SSSR count). The van der Waals surface area contributed by atoms with Gasteiger partial charge in [-0.25, -0.2) is 0 Å². The number of halogens is 3. The van der Waals surface area contributed by atoms with Gasteiger partial charge in [0.15, 0.2) is 0 Å². The second-order valence-electron chi connectivity index (χ2n) is 6.99. The van der Waals surface area contributed by atoms with E-state index in [9.17, 15) is 28.2 Å². The van der Waals surface area contributed by atoms with Crippen LogP contribution >= 0.6 is 0 Å². The summed E-state index contributed by atoms with van der Waals surface area (Å²) in [6.07, 6.45) is -4.48. The van der Waals surface area contributed by atoms with E-state index < -0.39 is 28.5 Å². The van der Waals surface area contributed by atoms with E-state index in [0.717, 1.165) is 12.1 Å². The maximum Gasteiger partial charge on any atom is 0.416 e. The number of nitrogens with zero attached hydrogens (tertiary/aromatic N) is 1. The molecule has 0 aromatic heterocycles. The normalized spacial score (nSPS) is 13.0. The fourth-order valence-electron chi connectivity index (χ4n) is 2.48. The number of aliphatic hydroxyl groups is 2. The molecule has 0 spiro atoms. The highest BCUT2D eigenvalue weighted by Crippen LogP contribution is 2.33. The van der Waals surface area contributed by atoms with Crippen molar-refractivity contribution < 1.29 is 28.2 Å². The Morgan fingerprint density at radius 2 is 1.58 bits per heavy atom. The maximum atomic E-state index is 12.9. The minimum absolute atomic E-state index is 0.0845. The topological polar surface area (TPSA) is 60.8 Å². The first-order valence-corrected chi connectivity index (χ1v) is 7.52. The van der Waals surface area contributed by atoms with E-state index in [1.165, 1.54) is 24.1 Å². The van der Waals surface area contributed by atoms with Gasteiger partial charge in [-0.15, -0.1) is 0 Å². The Morgan fingerprint density at radius 1 is 1.08 bits per heavy atom. The fourth-order valence-corrected chi connectivity index (χ4v) is 2.48. The molecule has 4 nitrogen and oxygen atoms in total. The van der Waals surface area contributed by atoms with E-state index in [2.05, 4.69) is 0 Å². The van der Waals surface area contributed by atoms with Crippen molar-refractivity contribution in [3.63, 3.8) is 0 Å². The summed E-state index contributed by atoms with van der Waals surface area (Å²) in [5.41, 5.74) is -2.61. The molecule has 24 heavy (non-hydrogen) atoms. The fraction of sp³-hybridized carbons (Fsp3) is 0.588. The van der Waals surface area contributed by atoms with Crippen molar-refractivity contribution >= 4 is 5.91 Å². The molecule has 0 aliphatic carbocycles. The van der Waals surface area contributed by atoms with E-state index in [0.29, 0.717) is 0 Å². The zero-order valence-corrected chi connectivity index (χ0v) is 14.3. The third-order valence-corrected chi connectivity index (χ3v) is 4.18. The van der Waals surface area contributed by atoms with E-state index >= 15 is 0 Å². The molecule has 0 heterocycles. The lowest BCUT2D eigenvalue weighted by molar-refractivity contribution is -0.139. The van der Waals surface area contributed by atoms with E-state index in [4.69, 9.17) is 0 Å². The van der Waals surface area contributed by atoms with E-state index in [1.54, 1.807) is 20.8 Å². The summed E-state index contributed by atoms with van der Waals surface area (Å²) in [5.74, 6) is -0.394. The number of hydrogen-bond donors (Lipinski definition) is 2. The van der Waals surface area contributed by atoms with Crippen LogP contribution in [0.2, 0.25) is 0 Å². The zero-order chi connectivity index (χ0) is 18.8. The second kappa shape index (κ2) is 7.11. The molecule has 0 bridgehead atoms. The number of amides is 1. The molecule has 0 saturated heterocycles. The number of alkyl halides is 3. The number of likely N-dealkylation sites (N-methyl/N-ethyl adjacent to an activating group) is 1. The van der Waals surface area contributed by atoms with Crippen LogP contribution < -0.4 is 0 Å². The van der Waals surface area contributed by atoms with Crippen molar-refractivity contribution in [3.8, 4) is 0 Å². The van der Waals surface area contributed by atoms with Crippen molar-refractivity contribution in [2.24, 2.45) is 5.41 Å². The van der Waals surface area contributed by atoms with Crippen LogP contribution in [0.1, 0.15) is 31.9 Å². The van der Waals surface area contributed by atoms with Crippen LogP contribution in [0.25, 0.3) is 0 Å². The summed E-state index contributed by atoms with van der Waals surface area (Å²) in [5, 5.41) is 18.7. The van der Waals surface area contributed by atoms with Crippen LogP contribution in [0.5, 0.6) is 0 Å². The predicted molar refractivity (Wildman–Crippen MR) is 84.4 cm³/mol. The molecule has 0 saturated carbocycles. The zero-order valence-electron chi connectivity index (χ0n) is 14.3. The van der Waals surface area contributed by atoms with Gasteiger partial charge in [0, 0.05) is 19.0 Å². The van der Waals surface area contributed by atoms with Gasteiger partial charge in [0.25, 0.3) is 0 Å². The van der Waals surface area contributed by atoms with Gasteiger partial charge in [-0.1, -0.05) is 25.1 Å². The molecule has 0 aliphatic rings. The monoisotopic (exact) mass is 347 g/mol. The van der Waals surface area contributed by atoms with Gasteiger partial charge >= 0.3 is 6.18 Å². The largest absolute Gasteiger partial charge is 0.416 e. The van der Waals surface area contributed by atoms with Gasteiger partial charge in [0.05, 0.1) is 24.2 Å². The van der Waals surface area contributed by atoms with Crippen molar-refractivity contribution in [3.05, 3.63) is 35.4 Å². The second-order valence-corrected chi connectivity index (χ2v) is 6.99. The quantitative estimate of drug-likeness (QED) is 0.831. The first-order valence-electron chi connectivity index (χ1n) is 7.52. The lowest BCUT2D eigenvalue weighted by Crippen LogP contribution is -2.47. The third kappa shape index (κ3) is 4.48. The molecule has 0 radical (unpaired) electrons. The van der Waals surface area contributed by atoms with Crippen molar-refractivity contribution in [1.82, 2.24) is 4.90 Å². The van der Waals surface area contributed by atoms with Gasteiger partial charge in [0.2, 0.25) is 5.91 Å². The maximum absolute atomic E-state index is 12.9. The SMILES string of the molecule is CN(CC(C)(CO)CO)C(=O)C(C)(C)c1cccc(C(F)(F)F)c1. The summed E-state index contributed by atoms with van der Waals surface area (Å²) >= 11 is 0. The van der Waals surface area contributed by atoms with Crippen molar-refractivity contribution in [2.45, 2.75) is 32.4 Å². The Kier molecular flexibility index (Phi) is 6.05. The summed E-state index contributed by atoms with van der Waals surface area (Å²) < 4.78 is 38.6. The average molecular weight is 347 g/mol. The Balaban J connectivity index is 3.09. The Labute approximate surface area is 139 Å². The Hall–Kier alpha value is -1.60. The van der Waals surface area contributed by atoms with Gasteiger partial charge in [-0.2, -0.15) is 13.2 Å². The highest BCUT2D eigenvalue weighted by Gasteiger charge is 2.37. The van der Waals surface area contributed by atoms with Crippen molar-refractivity contribution in [2.75, 3.05) is 26.8 Å². The van der Waals surface area contributed by atoms with Gasteiger partial charge in [0.1, 0.15) is 0 Å². The predicted octanol–water partition coefficient (Wildman–Crippen LogP) is 2.43. The molecular weight excluding hydrogens is 323 g/mol. The molecular formula is C17H24F3NO3. The van der Waals surface area contributed by atoms with E-state index in [1.807, 2.05) is 0 Å². The lowest BCUT2D eigenvalue weighted by Gasteiger charge is -2.35. The highest BCUT2D eigenvalue weighted by molar-refractivity contribution is 5.87. The summed E-state index contributed by atoms with van der Waals surface area (Å²) in [6.45, 7) is 4.18. The molecule has 1 aromatic rings. The molecule has 0 unspecified atom stereocenters. The van der Waals surface area contributed by atoms with Crippen molar-refractivity contribution in [1.29, 1.82) is 0 Å². The molecule has 1 amide bonds. The summed E-state index contributed by atoms with van der Waals surface area (Å²) in [4.78, 5) is 14.0.